The van der Waals surface area contributed by atoms with Gasteiger partial charge in [-0.15, -0.1) is 0 Å². The summed E-state index contributed by atoms with van der Waals surface area (Å²) in [7, 11) is 1.69. The Morgan fingerprint density at radius 3 is 2.68 bits per heavy atom. The molecule has 22 heavy (non-hydrogen) atoms. The molecule has 1 N–H and O–H groups in total. The highest BCUT2D eigenvalue weighted by Crippen LogP contribution is 2.23. The van der Waals surface area contributed by atoms with E-state index >= 15 is 0 Å². The summed E-state index contributed by atoms with van der Waals surface area (Å²) in [6, 6.07) is 0.0534. The normalized spacial score (nSPS) is 23.2. The second-order valence-corrected chi connectivity index (χ2v) is 6.49. The van der Waals surface area contributed by atoms with Crippen LogP contribution in [0.2, 0.25) is 0 Å². The van der Waals surface area contributed by atoms with Crippen molar-refractivity contribution in [2.24, 2.45) is 11.8 Å². The van der Waals surface area contributed by atoms with Crippen LogP contribution in [0.25, 0.3) is 0 Å². The fraction of sp³-hybridized carbons (Fsp3) is 0.875. The molecule has 6 nitrogen and oxygen atoms in total. The van der Waals surface area contributed by atoms with Gasteiger partial charge in [-0.2, -0.15) is 0 Å². The predicted octanol–water partition coefficient (Wildman–Crippen LogP) is 1.31. The highest BCUT2D eigenvalue weighted by Gasteiger charge is 2.32. The first kappa shape index (κ1) is 17.1. The zero-order chi connectivity index (χ0) is 15.9. The Bertz CT molecular complexity index is 381. The fourth-order valence-electron chi connectivity index (χ4n) is 3.35. The van der Waals surface area contributed by atoms with Gasteiger partial charge in [-0.1, -0.05) is 6.92 Å². The molecule has 2 aliphatic rings. The van der Waals surface area contributed by atoms with Gasteiger partial charge in [0, 0.05) is 52.2 Å². The van der Waals surface area contributed by atoms with E-state index in [-0.39, 0.29) is 11.9 Å². The monoisotopic (exact) mass is 311 g/mol. The van der Waals surface area contributed by atoms with E-state index in [9.17, 15) is 9.59 Å². The number of piperidine rings is 1. The molecule has 126 valence electrons. The number of methoxy groups -OCH3 is 1. The second-order valence-electron chi connectivity index (χ2n) is 6.49. The molecule has 0 aromatic heterocycles. The van der Waals surface area contributed by atoms with Crippen molar-refractivity contribution in [3.05, 3.63) is 0 Å². The molecule has 1 atom stereocenters. The maximum atomic E-state index is 12.0. The van der Waals surface area contributed by atoms with Crippen LogP contribution in [0.1, 0.15) is 32.6 Å². The van der Waals surface area contributed by atoms with Crippen molar-refractivity contribution >= 4 is 11.9 Å². The third kappa shape index (κ3) is 4.60. The van der Waals surface area contributed by atoms with Gasteiger partial charge in [0.15, 0.2) is 0 Å². The zero-order valence-electron chi connectivity index (χ0n) is 13.8. The molecule has 0 bridgehead atoms. The van der Waals surface area contributed by atoms with Crippen molar-refractivity contribution in [3.63, 3.8) is 0 Å². The van der Waals surface area contributed by atoms with Gasteiger partial charge in [0.05, 0.1) is 6.61 Å². The van der Waals surface area contributed by atoms with Gasteiger partial charge in [-0.05, 0) is 25.2 Å². The molecular formula is C16H29N3O3. The predicted molar refractivity (Wildman–Crippen MR) is 84.5 cm³/mol. The van der Waals surface area contributed by atoms with E-state index in [1.165, 1.54) is 0 Å². The number of urea groups is 1. The lowest BCUT2D eigenvalue weighted by Crippen LogP contribution is -2.46. The van der Waals surface area contributed by atoms with Crippen LogP contribution in [0, 0.1) is 11.8 Å². The molecule has 1 unspecified atom stereocenters. The Morgan fingerprint density at radius 1 is 1.32 bits per heavy atom. The van der Waals surface area contributed by atoms with Gasteiger partial charge >= 0.3 is 6.03 Å². The highest BCUT2D eigenvalue weighted by atomic mass is 16.5. The van der Waals surface area contributed by atoms with Crippen LogP contribution in [-0.2, 0) is 9.53 Å². The Balaban J connectivity index is 1.71. The van der Waals surface area contributed by atoms with Crippen LogP contribution >= 0.6 is 0 Å². The number of nitrogens with one attached hydrogen (secondary N) is 1. The summed E-state index contributed by atoms with van der Waals surface area (Å²) in [5, 5.41) is 2.93. The van der Waals surface area contributed by atoms with Gasteiger partial charge in [0.2, 0.25) is 5.91 Å². The van der Waals surface area contributed by atoms with Gasteiger partial charge < -0.3 is 19.9 Å². The standard InChI is InChI=1S/C16H29N3O3/c1-3-6-17-16(21)18-7-4-13(5-8-18)10-19-11-14(12-22-2)9-15(19)20/h13-14H,3-12H2,1-2H3,(H,17,21). The summed E-state index contributed by atoms with van der Waals surface area (Å²) >= 11 is 0. The minimum Gasteiger partial charge on any atom is -0.384 e. The third-order valence-electron chi connectivity index (χ3n) is 4.60. The van der Waals surface area contributed by atoms with Crippen LogP contribution in [-0.4, -0.2) is 68.2 Å². The van der Waals surface area contributed by atoms with Crippen molar-refractivity contribution < 1.29 is 14.3 Å². The lowest BCUT2D eigenvalue weighted by atomic mass is 9.96. The molecular weight excluding hydrogens is 282 g/mol. The summed E-state index contributed by atoms with van der Waals surface area (Å²) in [5.74, 6) is 1.11. The van der Waals surface area contributed by atoms with E-state index in [0.717, 1.165) is 52.0 Å². The van der Waals surface area contributed by atoms with Crippen LogP contribution in [0.5, 0.6) is 0 Å². The maximum Gasteiger partial charge on any atom is 0.317 e. The highest BCUT2D eigenvalue weighted by molar-refractivity contribution is 5.78. The molecule has 0 aliphatic carbocycles. The second kappa shape index (κ2) is 8.36. The van der Waals surface area contributed by atoms with E-state index in [1.54, 1.807) is 7.11 Å². The first-order chi connectivity index (χ1) is 10.6. The first-order valence-electron chi connectivity index (χ1n) is 8.43. The molecule has 2 rings (SSSR count). The lowest BCUT2D eigenvalue weighted by Gasteiger charge is -2.34. The van der Waals surface area contributed by atoms with Crippen molar-refractivity contribution in [1.29, 1.82) is 0 Å². The maximum absolute atomic E-state index is 12.0. The van der Waals surface area contributed by atoms with E-state index < -0.39 is 0 Å². The Kier molecular flexibility index (Phi) is 6.49. The van der Waals surface area contributed by atoms with Gasteiger partial charge in [0.1, 0.15) is 0 Å². The Morgan fingerprint density at radius 2 is 2.05 bits per heavy atom. The zero-order valence-corrected chi connectivity index (χ0v) is 13.8. The van der Waals surface area contributed by atoms with Crippen molar-refractivity contribution in [3.8, 4) is 0 Å². The number of nitrogens with zero attached hydrogens (tertiary/aromatic N) is 2. The SMILES string of the molecule is CCCNC(=O)N1CCC(CN2CC(COC)CC2=O)CC1. The van der Waals surface area contributed by atoms with E-state index in [0.29, 0.717) is 24.9 Å². The molecule has 2 saturated heterocycles. The van der Waals surface area contributed by atoms with Crippen molar-refractivity contribution in [1.82, 2.24) is 15.1 Å². The average molecular weight is 311 g/mol. The smallest absolute Gasteiger partial charge is 0.317 e. The third-order valence-corrected chi connectivity index (χ3v) is 4.60. The quantitative estimate of drug-likeness (QED) is 0.804. The first-order valence-corrected chi connectivity index (χ1v) is 8.43. The van der Waals surface area contributed by atoms with Crippen LogP contribution in [0.3, 0.4) is 0 Å². The number of hydrogen-bond donors (Lipinski definition) is 1. The molecule has 3 amide bonds. The largest absolute Gasteiger partial charge is 0.384 e. The molecule has 6 heteroatoms. The summed E-state index contributed by atoms with van der Waals surface area (Å²) < 4.78 is 5.16. The number of rotatable bonds is 6. The summed E-state index contributed by atoms with van der Waals surface area (Å²) in [5.41, 5.74) is 0. The molecule has 0 radical (unpaired) electrons. The molecule has 2 aliphatic heterocycles. The molecule has 2 heterocycles. The summed E-state index contributed by atoms with van der Waals surface area (Å²) in [4.78, 5) is 27.8. The number of carbonyl (C=O) groups is 2. The summed E-state index contributed by atoms with van der Waals surface area (Å²) in [6.45, 7) is 6.71. The van der Waals surface area contributed by atoms with Gasteiger partial charge in [-0.3, -0.25) is 4.79 Å². The summed E-state index contributed by atoms with van der Waals surface area (Å²) in [6.07, 6.45) is 3.55. The number of hydrogen-bond acceptors (Lipinski definition) is 3. The van der Waals surface area contributed by atoms with E-state index in [1.807, 2.05) is 9.80 Å². The average Bonchev–Trinajstić information content (AvgIpc) is 2.85. The van der Waals surface area contributed by atoms with E-state index in [4.69, 9.17) is 4.74 Å². The van der Waals surface area contributed by atoms with Crippen LogP contribution in [0.4, 0.5) is 4.79 Å². The minimum absolute atomic E-state index is 0.0534. The van der Waals surface area contributed by atoms with Gasteiger partial charge in [0.25, 0.3) is 0 Å². The van der Waals surface area contributed by atoms with Gasteiger partial charge in [-0.25, -0.2) is 4.79 Å². The molecule has 2 fully saturated rings. The Hall–Kier alpha value is -1.30. The molecule has 0 saturated carbocycles. The Labute approximate surface area is 133 Å². The number of amides is 3. The van der Waals surface area contributed by atoms with Crippen molar-refractivity contribution in [2.45, 2.75) is 32.6 Å². The van der Waals surface area contributed by atoms with Crippen molar-refractivity contribution in [2.75, 3.05) is 46.4 Å². The molecule has 0 aromatic rings. The lowest BCUT2D eigenvalue weighted by molar-refractivity contribution is -0.128. The minimum atomic E-state index is 0.0534. The van der Waals surface area contributed by atoms with Crippen LogP contribution in [0.15, 0.2) is 0 Å². The van der Waals surface area contributed by atoms with Crippen LogP contribution < -0.4 is 5.32 Å². The number of carbonyl (C=O) groups excluding carboxylic acids is 2. The topological polar surface area (TPSA) is 61.9 Å². The van der Waals surface area contributed by atoms with E-state index in [2.05, 4.69) is 12.2 Å². The number of likely N-dealkylation sites (tertiary alicyclic amines) is 2. The number of ether oxygens (including phenoxy) is 1. The molecule has 0 spiro atoms. The molecule has 0 aromatic carbocycles. The fourth-order valence-corrected chi connectivity index (χ4v) is 3.35.